The van der Waals surface area contributed by atoms with Gasteiger partial charge in [-0.25, -0.2) is 13.4 Å². The van der Waals surface area contributed by atoms with Crippen LogP contribution in [0.3, 0.4) is 0 Å². The number of pyridine rings is 1. The Bertz CT molecular complexity index is 1240. The Hall–Kier alpha value is -3.47. The molecule has 0 bridgehead atoms. The molecule has 1 amide bonds. The first-order valence-corrected chi connectivity index (χ1v) is 11.2. The summed E-state index contributed by atoms with van der Waals surface area (Å²) in [5, 5.41) is 6.43. The molecular weight excluding hydrogens is 420 g/mol. The minimum atomic E-state index is -3.61. The number of nitrogens with zero attached hydrogens (tertiary/aromatic N) is 3. The molecule has 0 radical (unpaired) electrons. The van der Waals surface area contributed by atoms with Crippen LogP contribution in [0.4, 0.5) is 11.5 Å². The number of hydrogen-bond donors (Lipinski definition) is 3. The standard InChI is InChI=1S/C20H24N6O4S/c1-20(2,3)19-25-18(30-26-19)17(27)24-10-12-6-5-11(9-14(12)31(4,28)29)13-7-8-23-16(22)15(13)21/h5-9H,10,21H2,1-4H3,(H2,22,23)(H,24,27). The highest BCUT2D eigenvalue weighted by atomic mass is 32.2. The number of hydrogen-bond acceptors (Lipinski definition) is 9. The van der Waals surface area contributed by atoms with Crippen LogP contribution in [0.1, 0.15) is 42.8 Å². The molecule has 5 N–H and O–H groups in total. The molecular formula is C20H24N6O4S. The number of carbonyl (C=O) groups excluding carboxylic acids is 1. The quantitative estimate of drug-likeness (QED) is 0.532. The summed E-state index contributed by atoms with van der Waals surface area (Å²) in [7, 11) is -3.61. The van der Waals surface area contributed by atoms with Crippen molar-refractivity contribution < 1.29 is 17.7 Å². The maximum Gasteiger partial charge on any atom is 0.315 e. The van der Waals surface area contributed by atoms with Gasteiger partial charge in [0, 0.05) is 30.0 Å². The molecule has 2 aromatic heterocycles. The number of nitrogen functional groups attached to an aromatic ring is 2. The van der Waals surface area contributed by atoms with Crippen LogP contribution in [0.15, 0.2) is 39.9 Å². The number of rotatable bonds is 5. The van der Waals surface area contributed by atoms with Crippen molar-refractivity contribution in [2.24, 2.45) is 0 Å². The normalized spacial score (nSPS) is 12.0. The number of nitrogens with one attached hydrogen (secondary N) is 1. The van der Waals surface area contributed by atoms with Crippen LogP contribution in [-0.2, 0) is 21.8 Å². The fourth-order valence-electron chi connectivity index (χ4n) is 2.83. The predicted molar refractivity (Wildman–Crippen MR) is 116 cm³/mol. The smallest absolute Gasteiger partial charge is 0.315 e. The summed E-state index contributed by atoms with van der Waals surface area (Å²) in [6.07, 6.45) is 2.58. The van der Waals surface area contributed by atoms with Crippen molar-refractivity contribution in [1.29, 1.82) is 0 Å². The lowest BCUT2D eigenvalue weighted by atomic mass is 9.96. The molecule has 11 heteroatoms. The summed E-state index contributed by atoms with van der Waals surface area (Å²) in [6.45, 7) is 5.62. The zero-order valence-electron chi connectivity index (χ0n) is 17.6. The molecule has 0 saturated heterocycles. The van der Waals surface area contributed by atoms with Gasteiger partial charge in [0.1, 0.15) is 5.82 Å². The number of anilines is 2. The van der Waals surface area contributed by atoms with Crippen LogP contribution in [-0.4, -0.2) is 35.7 Å². The second-order valence-electron chi connectivity index (χ2n) is 8.11. The maximum absolute atomic E-state index is 12.4. The molecule has 0 atom stereocenters. The molecule has 0 aliphatic heterocycles. The van der Waals surface area contributed by atoms with Crippen molar-refractivity contribution >= 4 is 27.2 Å². The highest BCUT2D eigenvalue weighted by Gasteiger charge is 2.24. The average molecular weight is 445 g/mol. The lowest BCUT2D eigenvalue weighted by molar-refractivity contribution is 0.0906. The maximum atomic E-state index is 12.4. The largest absolute Gasteiger partial charge is 0.395 e. The molecule has 2 heterocycles. The SMILES string of the molecule is CC(C)(C)c1noc(C(=O)NCc2ccc(-c3ccnc(N)c3N)cc2S(C)(=O)=O)n1. The van der Waals surface area contributed by atoms with Gasteiger partial charge in [-0.05, 0) is 23.3 Å². The summed E-state index contributed by atoms with van der Waals surface area (Å²) >= 11 is 0. The highest BCUT2D eigenvalue weighted by Crippen LogP contribution is 2.31. The van der Waals surface area contributed by atoms with E-state index >= 15 is 0 Å². The van der Waals surface area contributed by atoms with Gasteiger partial charge in [0.2, 0.25) is 0 Å². The molecule has 3 aromatic rings. The Morgan fingerprint density at radius 1 is 1.19 bits per heavy atom. The van der Waals surface area contributed by atoms with Crippen LogP contribution in [0.2, 0.25) is 0 Å². The molecule has 0 saturated carbocycles. The molecule has 31 heavy (non-hydrogen) atoms. The number of benzene rings is 1. The van der Waals surface area contributed by atoms with Gasteiger partial charge < -0.3 is 21.3 Å². The van der Waals surface area contributed by atoms with Gasteiger partial charge >= 0.3 is 11.8 Å². The lowest BCUT2D eigenvalue weighted by Crippen LogP contribution is -2.24. The van der Waals surface area contributed by atoms with Crippen molar-refractivity contribution in [3.8, 4) is 11.1 Å². The zero-order chi connectivity index (χ0) is 23.0. The number of nitrogens with two attached hydrogens (primary N) is 2. The van der Waals surface area contributed by atoms with Gasteiger partial charge in [0.15, 0.2) is 15.7 Å². The molecule has 1 aromatic carbocycles. The van der Waals surface area contributed by atoms with Gasteiger partial charge in [0.25, 0.3) is 0 Å². The Morgan fingerprint density at radius 3 is 2.52 bits per heavy atom. The molecule has 3 rings (SSSR count). The van der Waals surface area contributed by atoms with Crippen molar-refractivity contribution in [2.45, 2.75) is 37.6 Å². The topological polar surface area (TPSA) is 167 Å². The highest BCUT2D eigenvalue weighted by molar-refractivity contribution is 7.90. The van der Waals surface area contributed by atoms with Crippen LogP contribution >= 0.6 is 0 Å². The Kier molecular flexibility index (Phi) is 5.72. The summed E-state index contributed by atoms with van der Waals surface area (Å²) in [6, 6.07) is 6.45. The third kappa shape index (κ3) is 4.82. The van der Waals surface area contributed by atoms with Crippen molar-refractivity contribution in [2.75, 3.05) is 17.7 Å². The van der Waals surface area contributed by atoms with E-state index in [0.29, 0.717) is 22.5 Å². The van der Waals surface area contributed by atoms with Crippen LogP contribution < -0.4 is 16.8 Å². The first kappa shape index (κ1) is 22.2. The van der Waals surface area contributed by atoms with E-state index in [4.69, 9.17) is 16.0 Å². The molecule has 10 nitrogen and oxygen atoms in total. The van der Waals surface area contributed by atoms with E-state index in [1.165, 1.54) is 12.3 Å². The van der Waals surface area contributed by atoms with Crippen molar-refractivity contribution in [3.05, 3.63) is 47.7 Å². The Labute approximate surface area is 180 Å². The molecule has 0 aliphatic rings. The van der Waals surface area contributed by atoms with Crippen molar-refractivity contribution in [1.82, 2.24) is 20.4 Å². The van der Waals surface area contributed by atoms with Gasteiger partial charge in [-0.1, -0.05) is 38.1 Å². The van der Waals surface area contributed by atoms with Crippen LogP contribution in [0.25, 0.3) is 11.1 Å². The number of aromatic nitrogens is 3. The second kappa shape index (κ2) is 7.99. The van der Waals surface area contributed by atoms with E-state index in [2.05, 4.69) is 20.4 Å². The second-order valence-corrected chi connectivity index (χ2v) is 10.1. The minimum Gasteiger partial charge on any atom is -0.395 e. The Morgan fingerprint density at radius 2 is 1.90 bits per heavy atom. The van der Waals surface area contributed by atoms with Gasteiger partial charge in [0.05, 0.1) is 10.6 Å². The summed E-state index contributed by atoms with van der Waals surface area (Å²) < 4.78 is 29.8. The molecule has 0 fully saturated rings. The average Bonchev–Trinajstić information content (AvgIpc) is 3.18. The van der Waals surface area contributed by atoms with E-state index in [1.54, 1.807) is 18.2 Å². The monoisotopic (exact) mass is 444 g/mol. The first-order valence-electron chi connectivity index (χ1n) is 9.33. The fraction of sp³-hybridized carbons (Fsp3) is 0.300. The zero-order valence-corrected chi connectivity index (χ0v) is 18.4. The Balaban J connectivity index is 1.88. The van der Waals surface area contributed by atoms with Gasteiger partial charge in [-0.15, -0.1) is 0 Å². The third-order valence-corrected chi connectivity index (χ3v) is 5.71. The van der Waals surface area contributed by atoms with E-state index in [1.807, 2.05) is 20.8 Å². The van der Waals surface area contributed by atoms with Gasteiger partial charge in [-0.3, -0.25) is 4.79 Å². The first-order chi connectivity index (χ1) is 14.4. The van der Waals surface area contributed by atoms with E-state index in [-0.39, 0.29) is 34.3 Å². The third-order valence-electron chi connectivity index (χ3n) is 4.53. The lowest BCUT2D eigenvalue weighted by Gasteiger charge is -2.13. The van der Waals surface area contributed by atoms with E-state index < -0.39 is 15.7 Å². The molecule has 0 unspecified atom stereocenters. The summed E-state index contributed by atoms with van der Waals surface area (Å²) in [5.74, 6) is -0.239. The van der Waals surface area contributed by atoms with Gasteiger partial charge in [-0.2, -0.15) is 4.98 Å². The number of carbonyl (C=O) groups is 1. The van der Waals surface area contributed by atoms with Crippen molar-refractivity contribution in [3.63, 3.8) is 0 Å². The fourth-order valence-corrected chi connectivity index (χ4v) is 3.78. The number of amides is 1. The molecule has 0 aliphatic carbocycles. The summed E-state index contributed by atoms with van der Waals surface area (Å²) in [5.41, 5.74) is 13.2. The minimum absolute atomic E-state index is 0.0529. The van der Waals surface area contributed by atoms with E-state index in [0.717, 1.165) is 6.26 Å². The van der Waals surface area contributed by atoms with Crippen LogP contribution in [0, 0.1) is 0 Å². The molecule has 0 spiro atoms. The predicted octanol–water partition coefficient (Wildman–Crippen LogP) is 1.93. The summed E-state index contributed by atoms with van der Waals surface area (Å²) in [4.78, 5) is 20.5. The molecule has 164 valence electrons. The van der Waals surface area contributed by atoms with Crippen LogP contribution in [0.5, 0.6) is 0 Å². The van der Waals surface area contributed by atoms with E-state index in [9.17, 15) is 13.2 Å². The number of sulfone groups is 1.